The molecule has 2 rings (SSSR count). The number of ether oxygens (including phenoxy) is 1. The molecule has 1 fully saturated rings. The number of piperidine rings is 1. The highest BCUT2D eigenvalue weighted by Gasteiger charge is 2.17. The molecule has 5 nitrogen and oxygen atoms in total. The molecule has 0 radical (unpaired) electrons. The minimum absolute atomic E-state index is 0.0244. The average molecular weight is 332 g/mol. The van der Waals surface area contributed by atoms with Crippen LogP contribution in [0, 0.1) is 6.92 Å². The normalized spacial score (nSPS) is 15.8. The molecular weight excluding hydrogens is 314 g/mol. The summed E-state index contributed by atoms with van der Waals surface area (Å²) in [5.74, 6) is 0.451. The number of likely N-dealkylation sites (tertiary alicyclic amines) is 1. The van der Waals surface area contributed by atoms with Gasteiger partial charge >= 0.3 is 0 Å². The van der Waals surface area contributed by atoms with Gasteiger partial charge in [-0.1, -0.05) is 0 Å². The van der Waals surface area contributed by atoms with Crippen LogP contribution in [-0.2, 0) is 13.8 Å². The number of aryl methyl sites for hydroxylation is 1. The number of benzene rings is 1. The van der Waals surface area contributed by atoms with E-state index in [1.165, 1.54) is 18.2 Å². The zero-order chi connectivity index (χ0) is 15.5. The van der Waals surface area contributed by atoms with Crippen LogP contribution in [-0.4, -0.2) is 38.9 Å². The fourth-order valence-corrected chi connectivity index (χ4v) is 3.15. The molecule has 0 aromatic heterocycles. The Hall–Kier alpha value is -1.27. The quantitative estimate of drug-likeness (QED) is 0.794. The van der Waals surface area contributed by atoms with E-state index < -0.39 is 9.05 Å². The lowest BCUT2D eigenvalue weighted by Crippen LogP contribution is -2.38. The van der Waals surface area contributed by atoms with Crippen molar-refractivity contribution in [1.82, 2.24) is 4.90 Å². The van der Waals surface area contributed by atoms with Crippen LogP contribution in [0.25, 0.3) is 0 Å². The number of halogens is 1. The molecule has 1 saturated heterocycles. The van der Waals surface area contributed by atoms with E-state index in [1.54, 1.807) is 11.8 Å². The van der Waals surface area contributed by atoms with Crippen LogP contribution >= 0.6 is 10.7 Å². The Kier molecular flexibility index (Phi) is 5.11. The van der Waals surface area contributed by atoms with Crippen LogP contribution in [0.1, 0.15) is 24.8 Å². The van der Waals surface area contributed by atoms with Crippen molar-refractivity contribution in [3.63, 3.8) is 0 Å². The Labute approximate surface area is 129 Å². The monoisotopic (exact) mass is 331 g/mol. The Bertz CT molecular complexity index is 624. The molecule has 116 valence electrons. The maximum atomic E-state index is 12.0. The number of hydrogen-bond acceptors (Lipinski definition) is 4. The summed E-state index contributed by atoms with van der Waals surface area (Å²) in [6.07, 6.45) is 3.23. The minimum atomic E-state index is -3.75. The zero-order valence-corrected chi connectivity index (χ0v) is 13.4. The summed E-state index contributed by atoms with van der Waals surface area (Å²) in [6, 6.07) is 4.33. The highest BCUT2D eigenvalue weighted by molar-refractivity contribution is 8.13. The third-order valence-corrected chi connectivity index (χ3v) is 4.84. The van der Waals surface area contributed by atoms with Gasteiger partial charge in [0.2, 0.25) is 0 Å². The van der Waals surface area contributed by atoms with E-state index in [1.807, 2.05) is 0 Å². The van der Waals surface area contributed by atoms with Gasteiger partial charge in [0.15, 0.2) is 6.61 Å². The van der Waals surface area contributed by atoms with Gasteiger partial charge in [-0.05, 0) is 49.9 Å². The molecule has 0 atom stereocenters. The van der Waals surface area contributed by atoms with Gasteiger partial charge in [0.1, 0.15) is 5.75 Å². The highest BCUT2D eigenvalue weighted by atomic mass is 35.7. The standard InChI is InChI=1S/C14H18ClNO4S/c1-11-9-12(21(15,18)19)5-6-13(11)20-10-14(17)16-7-3-2-4-8-16/h5-6,9H,2-4,7-8,10H2,1H3. The summed E-state index contributed by atoms with van der Waals surface area (Å²) in [4.78, 5) is 13.8. The molecule has 0 N–H and O–H groups in total. The third kappa shape index (κ3) is 4.35. The zero-order valence-electron chi connectivity index (χ0n) is 11.8. The molecule has 0 bridgehead atoms. The van der Waals surface area contributed by atoms with Crippen molar-refractivity contribution in [2.75, 3.05) is 19.7 Å². The van der Waals surface area contributed by atoms with Gasteiger partial charge in [-0.15, -0.1) is 0 Å². The maximum absolute atomic E-state index is 12.0. The molecular formula is C14H18ClNO4S. The number of carbonyl (C=O) groups is 1. The molecule has 21 heavy (non-hydrogen) atoms. The molecule has 0 saturated carbocycles. The van der Waals surface area contributed by atoms with E-state index in [0.29, 0.717) is 11.3 Å². The van der Waals surface area contributed by atoms with E-state index in [4.69, 9.17) is 15.4 Å². The number of rotatable bonds is 4. The molecule has 1 aromatic rings. The first-order valence-electron chi connectivity index (χ1n) is 6.84. The van der Waals surface area contributed by atoms with Crippen molar-refractivity contribution in [3.8, 4) is 5.75 Å². The van der Waals surface area contributed by atoms with E-state index in [0.717, 1.165) is 32.4 Å². The third-order valence-electron chi connectivity index (χ3n) is 3.49. The Morgan fingerprint density at radius 1 is 1.29 bits per heavy atom. The molecule has 1 aliphatic rings. The fraction of sp³-hybridized carbons (Fsp3) is 0.500. The molecule has 0 spiro atoms. The Balaban J connectivity index is 1.98. The topological polar surface area (TPSA) is 63.7 Å². The summed E-state index contributed by atoms with van der Waals surface area (Å²) in [5.41, 5.74) is 0.628. The number of nitrogens with zero attached hydrogens (tertiary/aromatic N) is 1. The molecule has 0 unspecified atom stereocenters. The van der Waals surface area contributed by atoms with E-state index in [-0.39, 0.29) is 17.4 Å². The van der Waals surface area contributed by atoms with Crippen LogP contribution in [0.4, 0.5) is 0 Å². The van der Waals surface area contributed by atoms with Gasteiger partial charge in [0, 0.05) is 23.8 Å². The molecule has 0 aliphatic carbocycles. The second-order valence-electron chi connectivity index (χ2n) is 5.10. The minimum Gasteiger partial charge on any atom is -0.483 e. The van der Waals surface area contributed by atoms with Crippen molar-refractivity contribution in [1.29, 1.82) is 0 Å². The van der Waals surface area contributed by atoms with Gasteiger partial charge in [-0.25, -0.2) is 8.42 Å². The lowest BCUT2D eigenvalue weighted by Gasteiger charge is -2.26. The number of amides is 1. The summed E-state index contributed by atoms with van der Waals surface area (Å²) in [6.45, 7) is 3.25. The van der Waals surface area contributed by atoms with Crippen LogP contribution < -0.4 is 4.74 Å². The van der Waals surface area contributed by atoms with Crippen molar-refractivity contribution in [3.05, 3.63) is 23.8 Å². The lowest BCUT2D eigenvalue weighted by molar-refractivity contribution is -0.134. The van der Waals surface area contributed by atoms with Gasteiger partial charge in [0.25, 0.3) is 15.0 Å². The molecule has 1 heterocycles. The second kappa shape index (κ2) is 6.66. The van der Waals surface area contributed by atoms with E-state index >= 15 is 0 Å². The summed E-state index contributed by atoms with van der Waals surface area (Å²) < 4.78 is 28.0. The fourth-order valence-electron chi connectivity index (χ4n) is 2.31. The van der Waals surface area contributed by atoms with Crippen LogP contribution in [0.15, 0.2) is 23.1 Å². The summed E-state index contributed by atoms with van der Waals surface area (Å²) in [7, 11) is 1.53. The highest BCUT2D eigenvalue weighted by Crippen LogP contribution is 2.24. The van der Waals surface area contributed by atoms with E-state index in [2.05, 4.69) is 0 Å². The molecule has 1 aliphatic heterocycles. The van der Waals surface area contributed by atoms with Gasteiger partial charge in [0.05, 0.1) is 4.90 Å². The van der Waals surface area contributed by atoms with Gasteiger partial charge in [-0.2, -0.15) is 0 Å². The van der Waals surface area contributed by atoms with Gasteiger partial charge in [-0.3, -0.25) is 4.79 Å². The first kappa shape index (κ1) is 16.1. The predicted molar refractivity (Wildman–Crippen MR) is 80.1 cm³/mol. The van der Waals surface area contributed by atoms with Crippen LogP contribution in [0.3, 0.4) is 0 Å². The van der Waals surface area contributed by atoms with Crippen molar-refractivity contribution >= 4 is 25.6 Å². The Morgan fingerprint density at radius 3 is 2.52 bits per heavy atom. The van der Waals surface area contributed by atoms with Gasteiger partial charge < -0.3 is 9.64 Å². The molecule has 1 amide bonds. The average Bonchev–Trinajstić information content (AvgIpc) is 2.45. The number of hydrogen-bond donors (Lipinski definition) is 0. The van der Waals surface area contributed by atoms with E-state index in [9.17, 15) is 13.2 Å². The SMILES string of the molecule is Cc1cc(S(=O)(=O)Cl)ccc1OCC(=O)N1CCCCC1. The molecule has 7 heteroatoms. The Morgan fingerprint density at radius 2 is 1.95 bits per heavy atom. The summed E-state index contributed by atoms with van der Waals surface area (Å²) in [5, 5.41) is 0. The predicted octanol–water partition coefficient (Wildman–Crippen LogP) is 2.31. The van der Waals surface area contributed by atoms with Crippen molar-refractivity contribution < 1.29 is 17.9 Å². The first-order valence-corrected chi connectivity index (χ1v) is 9.15. The summed E-state index contributed by atoms with van der Waals surface area (Å²) >= 11 is 0. The van der Waals surface area contributed by atoms with Crippen molar-refractivity contribution in [2.45, 2.75) is 31.1 Å². The van der Waals surface area contributed by atoms with Crippen molar-refractivity contribution in [2.24, 2.45) is 0 Å². The smallest absolute Gasteiger partial charge is 0.261 e. The number of carbonyl (C=O) groups excluding carboxylic acids is 1. The molecule has 1 aromatic carbocycles. The van der Waals surface area contributed by atoms with Crippen LogP contribution in [0.2, 0.25) is 0 Å². The largest absolute Gasteiger partial charge is 0.483 e. The second-order valence-corrected chi connectivity index (χ2v) is 7.66. The first-order chi connectivity index (χ1) is 9.88. The van der Waals surface area contributed by atoms with Crippen LogP contribution in [0.5, 0.6) is 5.75 Å². The lowest BCUT2D eigenvalue weighted by atomic mass is 10.1. The maximum Gasteiger partial charge on any atom is 0.261 e.